The lowest BCUT2D eigenvalue weighted by molar-refractivity contribution is -0.126. The van der Waals surface area contributed by atoms with Crippen molar-refractivity contribution in [3.05, 3.63) is 0 Å². The van der Waals surface area contributed by atoms with Crippen molar-refractivity contribution < 1.29 is 4.79 Å². The second-order valence-corrected chi connectivity index (χ2v) is 6.51. The van der Waals surface area contributed by atoms with Gasteiger partial charge in [0.25, 0.3) is 0 Å². The van der Waals surface area contributed by atoms with Crippen molar-refractivity contribution in [1.82, 2.24) is 15.1 Å². The molecule has 20 heavy (non-hydrogen) atoms. The highest BCUT2D eigenvalue weighted by Crippen LogP contribution is 2.17. The van der Waals surface area contributed by atoms with Crippen LogP contribution in [0.1, 0.15) is 34.6 Å². The third kappa shape index (κ3) is 4.46. The van der Waals surface area contributed by atoms with Crippen LogP contribution in [-0.4, -0.2) is 60.0 Å². The van der Waals surface area contributed by atoms with Gasteiger partial charge in [-0.3, -0.25) is 14.6 Å². The molecule has 1 heterocycles. The summed E-state index contributed by atoms with van der Waals surface area (Å²) in [4.78, 5) is 16.4. The minimum absolute atomic E-state index is 0.0962. The molecular formula is C15H28N4O. The molecule has 114 valence electrons. The Morgan fingerprint density at radius 1 is 1.25 bits per heavy atom. The number of piperazine rings is 1. The highest BCUT2D eigenvalue weighted by Gasteiger charge is 2.32. The summed E-state index contributed by atoms with van der Waals surface area (Å²) in [6, 6.07) is 2.24. The summed E-state index contributed by atoms with van der Waals surface area (Å²) >= 11 is 0. The van der Waals surface area contributed by atoms with E-state index in [0.29, 0.717) is 5.92 Å². The largest absolute Gasteiger partial charge is 0.354 e. The molecule has 0 aromatic carbocycles. The Bertz CT molecular complexity index is 365. The van der Waals surface area contributed by atoms with E-state index in [4.69, 9.17) is 5.26 Å². The Hall–Kier alpha value is -1.12. The molecule has 0 spiro atoms. The third-order valence-corrected chi connectivity index (χ3v) is 3.99. The Labute approximate surface area is 122 Å². The van der Waals surface area contributed by atoms with Crippen LogP contribution in [0.25, 0.3) is 0 Å². The third-order valence-electron chi connectivity index (χ3n) is 3.99. The number of nitrogens with zero attached hydrogens (tertiary/aromatic N) is 3. The van der Waals surface area contributed by atoms with Gasteiger partial charge in [0.1, 0.15) is 5.54 Å². The van der Waals surface area contributed by atoms with E-state index in [1.807, 2.05) is 20.8 Å². The van der Waals surface area contributed by atoms with Crippen LogP contribution in [0.2, 0.25) is 0 Å². The molecule has 1 rings (SSSR count). The Morgan fingerprint density at radius 3 is 2.25 bits per heavy atom. The van der Waals surface area contributed by atoms with Crippen molar-refractivity contribution >= 4 is 5.91 Å². The minimum Gasteiger partial charge on any atom is -0.354 e. The van der Waals surface area contributed by atoms with Gasteiger partial charge in [-0.2, -0.15) is 5.26 Å². The van der Waals surface area contributed by atoms with E-state index in [1.165, 1.54) is 0 Å². The van der Waals surface area contributed by atoms with Crippen LogP contribution >= 0.6 is 0 Å². The zero-order valence-corrected chi connectivity index (χ0v) is 13.4. The molecule has 0 aromatic heterocycles. The number of nitrogens with one attached hydrogen (secondary N) is 1. The summed E-state index contributed by atoms with van der Waals surface area (Å²) in [6.45, 7) is 14.1. The number of rotatable bonds is 5. The molecule has 0 radical (unpaired) electrons. The fourth-order valence-corrected chi connectivity index (χ4v) is 2.36. The van der Waals surface area contributed by atoms with Crippen LogP contribution in [0.3, 0.4) is 0 Å². The van der Waals surface area contributed by atoms with Crippen molar-refractivity contribution in [2.24, 2.45) is 5.92 Å². The normalized spacial score (nSPS) is 19.6. The van der Waals surface area contributed by atoms with Gasteiger partial charge in [0, 0.05) is 32.7 Å². The summed E-state index contributed by atoms with van der Waals surface area (Å²) < 4.78 is 0. The lowest BCUT2D eigenvalue weighted by Gasteiger charge is -2.42. The molecular weight excluding hydrogens is 252 g/mol. The highest BCUT2D eigenvalue weighted by atomic mass is 16.2. The number of carbonyl (C=O) groups is 1. The first-order chi connectivity index (χ1) is 9.27. The average Bonchev–Trinajstić information content (AvgIpc) is 2.44. The summed E-state index contributed by atoms with van der Waals surface area (Å²) in [5.74, 6) is 0.575. The molecule has 0 aliphatic carbocycles. The quantitative estimate of drug-likeness (QED) is 0.818. The Kier molecular flexibility index (Phi) is 5.97. The van der Waals surface area contributed by atoms with Gasteiger partial charge in [-0.05, 0) is 26.7 Å². The van der Waals surface area contributed by atoms with Gasteiger partial charge >= 0.3 is 0 Å². The smallest absolute Gasteiger partial charge is 0.237 e. The van der Waals surface area contributed by atoms with Crippen LogP contribution in [0.15, 0.2) is 0 Å². The van der Waals surface area contributed by atoms with Gasteiger partial charge in [0.15, 0.2) is 0 Å². The SMILES string of the molecule is CC(C)CNC(=O)C(C)N1CCN(C(C)(C)C#N)CC1. The monoisotopic (exact) mass is 280 g/mol. The molecule has 0 aromatic rings. The van der Waals surface area contributed by atoms with Crippen molar-refractivity contribution in [2.45, 2.75) is 46.2 Å². The van der Waals surface area contributed by atoms with Crippen molar-refractivity contribution in [1.29, 1.82) is 5.26 Å². The molecule has 1 atom stereocenters. The highest BCUT2D eigenvalue weighted by molar-refractivity contribution is 5.81. The van der Waals surface area contributed by atoms with E-state index < -0.39 is 5.54 Å². The van der Waals surface area contributed by atoms with E-state index in [2.05, 4.69) is 35.0 Å². The lowest BCUT2D eigenvalue weighted by Crippen LogP contribution is -2.58. The van der Waals surface area contributed by atoms with Crippen LogP contribution < -0.4 is 5.32 Å². The lowest BCUT2D eigenvalue weighted by atomic mass is 10.0. The molecule has 5 heteroatoms. The topological polar surface area (TPSA) is 59.4 Å². The maximum Gasteiger partial charge on any atom is 0.237 e. The number of carbonyl (C=O) groups excluding carboxylic acids is 1. The van der Waals surface area contributed by atoms with Gasteiger partial charge in [-0.25, -0.2) is 0 Å². The Balaban J connectivity index is 2.45. The molecule has 1 N–H and O–H groups in total. The summed E-state index contributed by atoms with van der Waals surface area (Å²) in [6.07, 6.45) is 0. The first kappa shape index (κ1) is 16.9. The zero-order chi connectivity index (χ0) is 15.3. The number of amides is 1. The molecule has 1 aliphatic heterocycles. The van der Waals surface area contributed by atoms with Gasteiger partial charge in [0.2, 0.25) is 5.91 Å². The van der Waals surface area contributed by atoms with Gasteiger partial charge in [-0.1, -0.05) is 13.8 Å². The van der Waals surface area contributed by atoms with Gasteiger partial charge in [0.05, 0.1) is 12.1 Å². The molecule has 1 saturated heterocycles. The van der Waals surface area contributed by atoms with Crippen molar-refractivity contribution in [3.63, 3.8) is 0 Å². The first-order valence-corrected chi connectivity index (χ1v) is 7.46. The maximum absolute atomic E-state index is 12.1. The number of nitriles is 1. The van der Waals surface area contributed by atoms with Crippen molar-refractivity contribution in [2.75, 3.05) is 32.7 Å². The maximum atomic E-state index is 12.1. The first-order valence-electron chi connectivity index (χ1n) is 7.46. The minimum atomic E-state index is -0.421. The number of hydrogen-bond acceptors (Lipinski definition) is 4. The van der Waals surface area contributed by atoms with E-state index in [1.54, 1.807) is 0 Å². The summed E-state index contributed by atoms with van der Waals surface area (Å²) in [5.41, 5.74) is -0.421. The van der Waals surface area contributed by atoms with E-state index in [9.17, 15) is 4.79 Å². The second-order valence-electron chi connectivity index (χ2n) is 6.51. The van der Waals surface area contributed by atoms with Crippen LogP contribution in [0.5, 0.6) is 0 Å². The van der Waals surface area contributed by atoms with Gasteiger partial charge in [-0.15, -0.1) is 0 Å². The van der Waals surface area contributed by atoms with Crippen LogP contribution in [-0.2, 0) is 4.79 Å². The standard InChI is InChI=1S/C15H28N4O/c1-12(2)10-17-14(20)13(3)18-6-8-19(9-7-18)15(4,5)11-16/h12-13H,6-10H2,1-5H3,(H,17,20). The molecule has 1 unspecified atom stereocenters. The Morgan fingerprint density at radius 2 is 1.80 bits per heavy atom. The molecule has 1 fully saturated rings. The predicted molar refractivity (Wildman–Crippen MR) is 80.1 cm³/mol. The zero-order valence-electron chi connectivity index (χ0n) is 13.4. The average molecular weight is 280 g/mol. The van der Waals surface area contributed by atoms with E-state index >= 15 is 0 Å². The molecule has 1 aliphatic rings. The van der Waals surface area contributed by atoms with Crippen molar-refractivity contribution in [3.8, 4) is 6.07 Å². The number of hydrogen-bond donors (Lipinski definition) is 1. The summed E-state index contributed by atoms with van der Waals surface area (Å²) in [5, 5.41) is 12.1. The molecule has 0 saturated carbocycles. The molecule has 0 bridgehead atoms. The summed E-state index contributed by atoms with van der Waals surface area (Å²) in [7, 11) is 0. The molecule has 5 nitrogen and oxygen atoms in total. The van der Waals surface area contributed by atoms with Crippen LogP contribution in [0, 0.1) is 17.2 Å². The van der Waals surface area contributed by atoms with Gasteiger partial charge < -0.3 is 5.32 Å². The predicted octanol–water partition coefficient (Wildman–Crippen LogP) is 1.07. The van der Waals surface area contributed by atoms with E-state index in [0.717, 1.165) is 32.7 Å². The van der Waals surface area contributed by atoms with Crippen LogP contribution in [0.4, 0.5) is 0 Å². The fraction of sp³-hybridized carbons (Fsp3) is 0.867. The fourth-order valence-electron chi connectivity index (χ4n) is 2.36. The second kappa shape index (κ2) is 7.05. The van der Waals surface area contributed by atoms with E-state index in [-0.39, 0.29) is 11.9 Å². The molecule has 1 amide bonds.